The van der Waals surface area contributed by atoms with Gasteiger partial charge in [-0.25, -0.2) is 0 Å². The van der Waals surface area contributed by atoms with Crippen molar-refractivity contribution in [3.05, 3.63) is 107 Å². The van der Waals surface area contributed by atoms with Crippen LogP contribution in [0, 0.1) is 17.3 Å². The van der Waals surface area contributed by atoms with Crippen molar-refractivity contribution in [1.29, 1.82) is 0 Å². The Morgan fingerprint density at radius 3 is 2.32 bits per heavy atom. The molecule has 16 nitrogen and oxygen atoms in total. The number of phenolic OH excluding ortho intramolecular Hbond substituents is 1. The number of carbonyl (C=O) groups excluding carboxylic acids is 5. The van der Waals surface area contributed by atoms with Gasteiger partial charge in [0.2, 0.25) is 23.6 Å². The lowest BCUT2D eigenvalue weighted by molar-refractivity contribution is -0.199. The fourth-order valence-electron chi connectivity index (χ4n) is 11.0. The Labute approximate surface area is 420 Å². The van der Waals surface area contributed by atoms with Crippen LogP contribution in [0.15, 0.2) is 84.9 Å². The maximum absolute atomic E-state index is 14.8. The number of nitrogens with two attached hydrogens (primary N) is 2. The minimum Gasteiger partial charge on any atom is -0.507 e. The summed E-state index contributed by atoms with van der Waals surface area (Å²) in [6, 6.07) is 19.2. The van der Waals surface area contributed by atoms with Crippen LogP contribution in [0.1, 0.15) is 87.3 Å². The van der Waals surface area contributed by atoms with E-state index in [0.29, 0.717) is 69.8 Å². The molecule has 3 saturated carbocycles. The Hall–Kier alpha value is -5.98. The van der Waals surface area contributed by atoms with E-state index in [1.54, 1.807) is 66.7 Å². The molecule has 71 heavy (non-hydrogen) atoms. The fourth-order valence-corrected chi connectivity index (χ4v) is 11.1. The molecule has 1 saturated heterocycles. The van der Waals surface area contributed by atoms with Gasteiger partial charge < -0.3 is 56.8 Å². The Balaban J connectivity index is 1.07. The van der Waals surface area contributed by atoms with Gasteiger partial charge in [0.05, 0.1) is 18.1 Å². The third-order valence-electron chi connectivity index (χ3n) is 15.2. The molecular weight excluding hydrogens is 925 g/mol. The van der Waals surface area contributed by atoms with E-state index in [1.807, 2.05) is 12.1 Å². The molecule has 8 unspecified atom stereocenters. The number of nitrogens with zero attached hydrogens (tertiary/aromatic N) is 1. The number of rotatable bonds is 15. The van der Waals surface area contributed by atoms with Crippen LogP contribution in [0.2, 0.25) is 5.02 Å². The summed E-state index contributed by atoms with van der Waals surface area (Å²) in [6.45, 7) is 8.82. The summed E-state index contributed by atoms with van der Waals surface area (Å²) in [7, 11) is 0.769. The molecule has 5 aliphatic rings. The van der Waals surface area contributed by atoms with Crippen LogP contribution in [0.5, 0.6) is 11.5 Å². The summed E-state index contributed by atoms with van der Waals surface area (Å²) in [4.78, 5) is 73.0. The summed E-state index contributed by atoms with van der Waals surface area (Å²) in [5.74, 6) is -1.88. The quantitative estimate of drug-likeness (QED) is 0.0613. The summed E-state index contributed by atoms with van der Waals surface area (Å²) >= 11 is 6.09. The highest BCUT2D eigenvalue weighted by Crippen LogP contribution is 2.65. The Morgan fingerprint density at radius 1 is 0.915 bits per heavy atom. The van der Waals surface area contributed by atoms with E-state index in [9.17, 15) is 29.1 Å². The van der Waals surface area contributed by atoms with E-state index in [4.69, 9.17) is 37.1 Å². The number of nitrogens with one attached hydrogen (secondary N) is 4. The Morgan fingerprint density at radius 2 is 1.63 bits per heavy atom. The van der Waals surface area contributed by atoms with Gasteiger partial charge in [-0.2, -0.15) is 0 Å². The van der Waals surface area contributed by atoms with Crippen LogP contribution >= 0.6 is 11.6 Å². The number of benzene rings is 4. The molecule has 9 rings (SSSR count). The first-order chi connectivity index (χ1) is 33.9. The minimum absolute atomic E-state index is 0.0124. The molecule has 4 aromatic rings. The molecule has 5 amide bonds. The number of ether oxygens (including phenoxy) is 1. The van der Waals surface area contributed by atoms with Gasteiger partial charge in [0, 0.05) is 41.7 Å². The number of hydrogen-bond acceptors (Lipinski definition) is 11. The van der Waals surface area contributed by atoms with Gasteiger partial charge in [-0.3, -0.25) is 24.0 Å². The summed E-state index contributed by atoms with van der Waals surface area (Å²) in [5, 5.41) is 23.5. The molecule has 4 aromatic carbocycles. The lowest BCUT2D eigenvalue weighted by Crippen LogP contribution is -2.65. The molecule has 376 valence electrons. The van der Waals surface area contributed by atoms with Crippen molar-refractivity contribution in [2.75, 3.05) is 33.2 Å². The standard InChI is InChI=1S/C53H65BClN7O9/c1-30-47(64)61-41(49(66)58-29-54-70-45-28-36-27-44(52(36,2)3)53(45,4)71-54)25-31-9-19-42(63)38(24-31)39-26-35(16-20-43(39)69-23-22-57)46(50(67)59-30)62(5)51(68)40(8-6-7-21-56)60-48(65)34-12-10-32(11-13-34)33-14-17-37(55)18-15-33/h9-20,24,26,30,36,40-41,44-46,63H,6-8,21-23,25,27-29,56-57H2,1-5H3,(H,58,66)(H,59,67)(H,60,65)(H,61,64). The monoisotopic (exact) mass is 989 g/mol. The molecule has 9 N–H and O–H groups in total. The number of fused-ring (bicyclic) bond motifs is 5. The molecule has 0 aromatic heterocycles. The van der Waals surface area contributed by atoms with Crippen molar-refractivity contribution in [2.45, 2.75) is 102 Å². The van der Waals surface area contributed by atoms with Crippen LogP contribution in [0.25, 0.3) is 22.3 Å². The van der Waals surface area contributed by atoms with E-state index in [-0.39, 0.29) is 49.7 Å². The summed E-state index contributed by atoms with van der Waals surface area (Å²) < 4.78 is 19.0. The average Bonchev–Trinajstić information content (AvgIpc) is 3.71. The first kappa shape index (κ1) is 51.4. The first-order valence-corrected chi connectivity index (χ1v) is 24.9. The van der Waals surface area contributed by atoms with Gasteiger partial charge in [0.15, 0.2) is 0 Å². The zero-order valence-electron chi connectivity index (χ0n) is 41.0. The first-order valence-electron chi connectivity index (χ1n) is 24.6. The molecule has 3 aliphatic carbocycles. The van der Waals surface area contributed by atoms with Crippen LogP contribution in [0.4, 0.5) is 0 Å². The van der Waals surface area contributed by atoms with E-state index in [0.717, 1.165) is 24.0 Å². The number of hydrogen-bond donors (Lipinski definition) is 7. The SMILES string of the molecule is CC1NC(=O)C(N(C)C(=O)C(CCCCN)NC(=O)c2ccc(-c3ccc(Cl)cc3)cc2)c2ccc(OCCN)c(c2)-c2cc(ccc2O)CC(C(=O)NCB2OC3CC4CC(C4(C)C)C3(C)O2)NC1=O. The van der Waals surface area contributed by atoms with Crippen LogP contribution in [0.3, 0.4) is 0 Å². The lowest BCUT2D eigenvalue weighted by atomic mass is 9.43. The number of likely N-dealkylation sites (N-methyl/N-ethyl adjacent to an activating group) is 1. The molecular formula is C53H65BClN7O9. The normalized spacial score (nSPS) is 24.8. The maximum Gasteiger partial charge on any atom is 0.478 e. The number of phenols is 1. The molecule has 6 bridgehead atoms. The number of halogens is 1. The highest BCUT2D eigenvalue weighted by molar-refractivity contribution is 6.46. The van der Waals surface area contributed by atoms with Gasteiger partial charge in [-0.15, -0.1) is 0 Å². The molecule has 2 heterocycles. The smallest absolute Gasteiger partial charge is 0.478 e. The van der Waals surface area contributed by atoms with Crippen LogP contribution in [-0.4, -0.2) is 110 Å². The predicted octanol–water partition coefficient (Wildman–Crippen LogP) is 5.07. The maximum atomic E-state index is 14.8. The molecule has 4 fully saturated rings. The number of unbranched alkanes of at least 4 members (excludes halogenated alkanes) is 1. The van der Waals surface area contributed by atoms with Crippen LogP contribution in [-0.2, 0) is 34.9 Å². The van der Waals surface area contributed by atoms with Crippen molar-refractivity contribution < 1.29 is 43.1 Å². The average molecular weight is 990 g/mol. The Kier molecular flexibility index (Phi) is 15.5. The molecule has 8 atom stereocenters. The van der Waals surface area contributed by atoms with Gasteiger partial charge >= 0.3 is 7.12 Å². The van der Waals surface area contributed by atoms with E-state index < -0.39 is 66.4 Å². The number of carbonyl (C=O) groups is 5. The third-order valence-corrected chi connectivity index (χ3v) is 15.4. The van der Waals surface area contributed by atoms with Gasteiger partial charge in [-0.1, -0.05) is 61.8 Å². The largest absolute Gasteiger partial charge is 0.507 e. The van der Waals surface area contributed by atoms with Crippen molar-refractivity contribution in [3.63, 3.8) is 0 Å². The predicted molar refractivity (Wildman–Crippen MR) is 271 cm³/mol. The summed E-state index contributed by atoms with van der Waals surface area (Å²) in [6.07, 6.45) is 3.21. The van der Waals surface area contributed by atoms with Gasteiger partial charge in [0.1, 0.15) is 42.3 Å². The minimum atomic E-state index is -1.38. The fraction of sp³-hybridized carbons (Fsp3) is 0.453. The molecule has 0 spiro atoms. The Bertz CT molecular complexity index is 2640. The van der Waals surface area contributed by atoms with E-state index in [1.165, 1.54) is 24.9 Å². The highest BCUT2D eigenvalue weighted by Gasteiger charge is 2.67. The van der Waals surface area contributed by atoms with Crippen molar-refractivity contribution in [3.8, 4) is 33.8 Å². The highest BCUT2D eigenvalue weighted by atomic mass is 35.5. The second-order valence-corrected chi connectivity index (χ2v) is 20.6. The zero-order chi connectivity index (χ0) is 50.8. The molecule has 2 aliphatic heterocycles. The zero-order valence-corrected chi connectivity index (χ0v) is 41.7. The van der Waals surface area contributed by atoms with Crippen molar-refractivity contribution in [2.24, 2.45) is 28.7 Å². The van der Waals surface area contributed by atoms with Crippen LogP contribution < -0.4 is 37.5 Å². The second-order valence-electron chi connectivity index (χ2n) is 20.1. The van der Waals surface area contributed by atoms with Crippen molar-refractivity contribution >= 4 is 48.3 Å². The topological polar surface area (TPSA) is 237 Å². The van der Waals surface area contributed by atoms with E-state index in [2.05, 4.69) is 42.0 Å². The van der Waals surface area contributed by atoms with E-state index >= 15 is 0 Å². The third kappa shape index (κ3) is 10.8. The molecule has 0 radical (unpaired) electrons. The second kappa shape index (κ2) is 21.4. The molecule has 18 heteroatoms. The van der Waals surface area contributed by atoms with Gasteiger partial charge in [0.25, 0.3) is 5.91 Å². The van der Waals surface area contributed by atoms with Gasteiger partial charge in [-0.05, 0) is 141 Å². The number of amides is 5. The summed E-state index contributed by atoms with van der Waals surface area (Å²) in [5.41, 5.74) is 15.1. The van der Waals surface area contributed by atoms with Crippen molar-refractivity contribution in [1.82, 2.24) is 26.2 Å². The lowest BCUT2D eigenvalue weighted by Gasteiger charge is -2.64. The number of aromatic hydroxyl groups is 1.